The normalized spacial score (nSPS) is 23.5. The van der Waals surface area contributed by atoms with Crippen molar-refractivity contribution in [3.8, 4) is 0 Å². The van der Waals surface area contributed by atoms with Gasteiger partial charge < -0.3 is 5.11 Å². The van der Waals surface area contributed by atoms with Crippen LogP contribution in [0, 0.1) is 6.92 Å². The Bertz CT molecular complexity index is 847. The van der Waals surface area contributed by atoms with Gasteiger partial charge >= 0.3 is 5.97 Å². The number of hydrogen-bond donors (Lipinski definition) is 1. The van der Waals surface area contributed by atoms with Crippen LogP contribution in [0.4, 0.5) is 0 Å². The number of sulfonamides is 1. The highest BCUT2D eigenvalue weighted by Gasteiger charge is 2.60. The molecule has 0 saturated carbocycles. The molecule has 1 aliphatic rings. The summed E-state index contributed by atoms with van der Waals surface area (Å²) >= 11 is 5.82. The van der Waals surface area contributed by atoms with E-state index < -0.39 is 28.1 Å². The Kier molecular flexibility index (Phi) is 3.91. The molecular formula is C16H14ClNO4S. The van der Waals surface area contributed by atoms with E-state index in [0.717, 1.165) is 9.87 Å². The molecule has 5 nitrogen and oxygen atoms in total. The molecule has 2 aromatic carbocycles. The summed E-state index contributed by atoms with van der Waals surface area (Å²) in [5.74, 6) is -1.17. The van der Waals surface area contributed by atoms with Crippen LogP contribution in [0.25, 0.3) is 0 Å². The van der Waals surface area contributed by atoms with Gasteiger partial charge in [-0.05, 0) is 36.8 Å². The molecule has 0 aromatic heterocycles. The van der Waals surface area contributed by atoms with Crippen molar-refractivity contribution in [3.05, 3.63) is 64.7 Å². The Morgan fingerprint density at radius 3 is 2.17 bits per heavy atom. The molecule has 1 N–H and O–H groups in total. The summed E-state index contributed by atoms with van der Waals surface area (Å²) in [5, 5.41) is 9.84. The zero-order chi connectivity index (χ0) is 16.8. The quantitative estimate of drug-likeness (QED) is 0.859. The minimum absolute atomic E-state index is 0.0887. The van der Waals surface area contributed by atoms with Gasteiger partial charge in [0, 0.05) is 5.02 Å². The number of aryl methyl sites for hydroxylation is 1. The van der Waals surface area contributed by atoms with E-state index in [-0.39, 0.29) is 4.90 Å². The third kappa shape index (κ3) is 2.85. The minimum Gasteiger partial charge on any atom is -0.480 e. The van der Waals surface area contributed by atoms with Crippen molar-refractivity contribution in [2.45, 2.75) is 23.9 Å². The van der Waals surface area contributed by atoms with Crippen LogP contribution in [-0.4, -0.2) is 29.8 Å². The van der Waals surface area contributed by atoms with Crippen molar-refractivity contribution in [1.82, 2.24) is 4.31 Å². The molecule has 0 radical (unpaired) electrons. The number of carboxylic acids is 1. The van der Waals surface area contributed by atoms with Gasteiger partial charge in [0.2, 0.25) is 10.0 Å². The van der Waals surface area contributed by atoms with Gasteiger partial charge in [0.15, 0.2) is 0 Å². The summed E-state index contributed by atoms with van der Waals surface area (Å²) in [6.45, 7) is 1.85. The van der Waals surface area contributed by atoms with E-state index in [0.29, 0.717) is 10.6 Å². The highest BCUT2D eigenvalue weighted by molar-refractivity contribution is 7.89. The highest BCUT2D eigenvalue weighted by atomic mass is 35.5. The molecule has 0 bridgehead atoms. The van der Waals surface area contributed by atoms with Crippen LogP contribution in [0.15, 0.2) is 53.4 Å². The van der Waals surface area contributed by atoms with E-state index in [2.05, 4.69) is 0 Å². The van der Waals surface area contributed by atoms with Crippen molar-refractivity contribution >= 4 is 27.6 Å². The molecule has 1 saturated heterocycles. The molecule has 0 amide bonds. The Morgan fingerprint density at radius 1 is 1.09 bits per heavy atom. The van der Waals surface area contributed by atoms with Crippen molar-refractivity contribution in [2.24, 2.45) is 0 Å². The van der Waals surface area contributed by atoms with Crippen molar-refractivity contribution in [2.75, 3.05) is 0 Å². The number of carboxylic acid groups (broad SMARTS) is 1. The predicted octanol–water partition coefficient (Wildman–Crippen LogP) is 2.85. The summed E-state index contributed by atoms with van der Waals surface area (Å²) in [5.41, 5.74) is 1.54. The first kappa shape index (κ1) is 16.0. The largest absolute Gasteiger partial charge is 0.480 e. The molecule has 0 spiro atoms. The molecule has 1 fully saturated rings. The fourth-order valence-corrected chi connectivity index (χ4v) is 4.41. The first-order valence-corrected chi connectivity index (χ1v) is 8.72. The summed E-state index contributed by atoms with van der Waals surface area (Å²) in [6, 6.07) is 11.1. The second-order valence-corrected chi connectivity index (χ2v) is 7.71. The standard InChI is InChI=1S/C16H14ClNO4S/c1-10-2-8-13(9-3-10)23(21,22)18-14(15(18)16(19)20)11-4-6-12(17)7-5-11/h2-9,14-15H,1H3,(H,19,20)/t14-,15+,18?/m1/s1. The van der Waals surface area contributed by atoms with Gasteiger partial charge in [0.1, 0.15) is 6.04 Å². The van der Waals surface area contributed by atoms with E-state index >= 15 is 0 Å². The van der Waals surface area contributed by atoms with Crippen molar-refractivity contribution < 1.29 is 18.3 Å². The van der Waals surface area contributed by atoms with E-state index in [1.54, 1.807) is 36.4 Å². The topological polar surface area (TPSA) is 74.5 Å². The van der Waals surface area contributed by atoms with Crippen LogP contribution in [0.5, 0.6) is 0 Å². The lowest BCUT2D eigenvalue weighted by atomic mass is 10.1. The maximum absolute atomic E-state index is 12.7. The van der Waals surface area contributed by atoms with Crippen LogP contribution < -0.4 is 0 Å². The first-order valence-electron chi connectivity index (χ1n) is 6.91. The monoisotopic (exact) mass is 351 g/mol. The Balaban J connectivity index is 1.98. The van der Waals surface area contributed by atoms with Gasteiger partial charge in [-0.15, -0.1) is 0 Å². The third-order valence-corrected chi connectivity index (χ3v) is 5.95. The van der Waals surface area contributed by atoms with Crippen molar-refractivity contribution in [1.29, 1.82) is 0 Å². The second kappa shape index (κ2) is 5.63. The molecule has 3 atom stereocenters. The Hall–Kier alpha value is -1.89. The van der Waals surface area contributed by atoms with Gasteiger partial charge in [-0.25, -0.2) is 8.42 Å². The Labute approximate surface area is 139 Å². The SMILES string of the molecule is Cc1ccc(S(=O)(=O)N2[C@H](C(=O)O)[C@H]2c2ccc(Cl)cc2)cc1. The van der Waals surface area contributed by atoms with E-state index in [1.165, 1.54) is 12.1 Å². The molecule has 23 heavy (non-hydrogen) atoms. The Morgan fingerprint density at radius 2 is 1.65 bits per heavy atom. The van der Waals surface area contributed by atoms with Gasteiger partial charge in [-0.1, -0.05) is 41.4 Å². The second-order valence-electron chi connectivity index (χ2n) is 5.43. The number of carbonyl (C=O) groups is 1. The molecule has 3 rings (SSSR count). The molecule has 1 aliphatic heterocycles. The molecular weight excluding hydrogens is 338 g/mol. The zero-order valence-corrected chi connectivity index (χ0v) is 13.8. The van der Waals surface area contributed by atoms with Crippen LogP contribution in [0.1, 0.15) is 17.2 Å². The fourth-order valence-electron chi connectivity index (χ4n) is 2.58. The fraction of sp³-hybridized carbons (Fsp3) is 0.188. The highest BCUT2D eigenvalue weighted by Crippen LogP contribution is 2.47. The first-order chi connectivity index (χ1) is 10.8. The maximum atomic E-state index is 12.7. The van der Waals surface area contributed by atoms with Gasteiger partial charge in [-0.2, -0.15) is 4.31 Å². The zero-order valence-electron chi connectivity index (χ0n) is 12.2. The number of rotatable bonds is 4. The van der Waals surface area contributed by atoms with Gasteiger partial charge in [-0.3, -0.25) is 4.79 Å². The van der Waals surface area contributed by atoms with Gasteiger partial charge in [0.05, 0.1) is 10.9 Å². The molecule has 1 unspecified atom stereocenters. The molecule has 1 heterocycles. The maximum Gasteiger partial charge on any atom is 0.324 e. The predicted molar refractivity (Wildman–Crippen MR) is 85.8 cm³/mol. The van der Waals surface area contributed by atoms with Gasteiger partial charge in [0.25, 0.3) is 0 Å². The van der Waals surface area contributed by atoms with E-state index in [9.17, 15) is 18.3 Å². The summed E-state index contributed by atoms with van der Waals surface area (Å²) in [6.07, 6.45) is 0. The van der Waals surface area contributed by atoms with Crippen LogP contribution >= 0.6 is 11.6 Å². The summed E-state index contributed by atoms with van der Waals surface area (Å²) in [4.78, 5) is 11.5. The molecule has 7 heteroatoms. The van der Waals surface area contributed by atoms with Crippen molar-refractivity contribution in [3.63, 3.8) is 0 Å². The smallest absolute Gasteiger partial charge is 0.324 e. The summed E-state index contributed by atoms with van der Waals surface area (Å²) < 4.78 is 26.4. The number of hydrogen-bond acceptors (Lipinski definition) is 3. The van der Waals surface area contributed by atoms with E-state index in [1.807, 2.05) is 6.92 Å². The number of aliphatic carboxylic acids is 1. The van der Waals surface area contributed by atoms with Crippen LogP contribution in [0.3, 0.4) is 0 Å². The third-order valence-electron chi connectivity index (χ3n) is 3.82. The average Bonchev–Trinajstić information content (AvgIpc) is 3.25. The average molecular weight is 352 g/mol. The molecule has 120 valence electrons. The summed E-state index contributed by atoms with van der Waals surface area (Å²) in [7, 11) is -3.86. The van der Waals surface area contributed by atoms with E-state index in [4.69, 9.17) is 11.6 Å². The number of benzene rings is 2. The molecule has 0 aliphatic carbocycles. The lowest BCUT2D eigenvalue weighted by molar-refractivity contribution is -0.137. The lowest BCUT2D eigenvalue weighted by Gasteiger charge is -2.07. The molecule has 2 aromatic rings. The number of nitrogens with zero attached hydrogens (tertiary/aromatic N) is 1. The number of halogens is 1. The van der Waals surface area contributed by atoms with Crippen LogP contribution in [-0.2, 0) is 14.8 Å². The minimum atomic E-state index is -3.86. The lowest BCUT2D eigenvalue weighted by Crippen LogP contribution is -2.19. The van der Waals surface area contributed by atoms with Crippen LogP contribution in [0.2, 0.25) is 5.02 Å².